The standard InChI is InChI=1S/C68H76O18/c1-44-55(73-37-46-21-9-3-10-22-46)59(75-39-48-25-13-5-14-26-48)62(77-41-50-29-17-7-18-30-50)66(80-44)83-57-52(33-34-72-53(57)35-69)43-79-65-64(61-58(54(36-70)82-65)85-68(71)86-61)84-67-63(78-42-51-31-19-8-20-32-51)60(76-40-49-27-15-6-16-28-49)56(45(2)81-67)74-38-47-23-11-4-12-24-47/h3-34,44-45,52-67,69-70H,35-43H2,1-2H3/t44-,45-,52-,53+,54+,55+,56+,57-,58-,59+,60+,61-,62-,63-,64+,65+,66-,67-/m0/s1. The van der Waals surface area contributed by atoms with Gasteiger partial charge in [0.15, 0.2) is 37.2 Å². The van der Waals surface area contributed by atoms with Gasteiger partial charge in [-0.25, -0.2) is 4.79 Å². The third-order valence-corrected chi connectivity index (χ3v) is 16.0. The largest absolute Gasteiger partial charge is 0.509 e. The van der Waals surface area contributed by atoms with Gasteiger partial charge in [-0.05, 0) is 53.3 Å². The number of carbonyl (C=O) groups excluding carboxylic acids is 1. The second-order valence-electron chi connectivity index (χ2n) is 22.0. The molecule has 4 fully saturated rings. The first-order valence-electron chi connectivity index (χ1n) is 29.5. The minimum absolute atomic E-state index is 0.140. The molecule has 0 unspecified atom stereocenters. The summed E-state index contributed by atoms with van der Waals surface area (Å²) < 4.78 is 99.6. The van der Waals surface area contributed by atoms with E-state index in [1.807, 2.05) is 196 Å². The Labute approximate surface area is 501 Å². The lowest BCUT2D eigenvalue weighted by molar-refractivity contribution is -0.368. The number of carbonyl (C=O) groups is 1. The van der Waals surface area contributed by atoms with Crippen LogP contribution in [0.3, 0.4) is 0 Å². The molecular weight excluding hydrogens is 1100 g/mol. The van der Waals surface area contributed by atoms with E-state index >= 15 is 0 Å². The lowest BCUT2D eigenvalue weighted by Crippen LogP contribution is -2.64. The van der Waals surface area contributed by atoms with Crippen molar-refractivity contribution in [2.75, 3.05) is 19.8 Å². The Kier molecular flexibility index (Phi) is 21.7. The first-order valence-corrected chi connectivity index (χ1v) is 29.5. The quantitative estimate of drug-likeness (QED) is 0.0464. The number of benzene rings is 6. The molecule has 0 radical (unpaired) electrons. The van der Waals surface area contributed by atoms with Crippen molar-refractivity contribution >= 4 is 6.16 Å². The van der Waals surface area contributed by atoms with Crippen LogP contribution in [-0.4, -0.2) is 141 Å². The predicted molar refractivity (Wildman–Crippen MR) is 310 cm³/mol. The second-order valence-corrected chi connectivity index (χ2v) is 22.0. The Morgan fingerprint density at radius 2 is 0.721 bits per heavy atom. The van der Waals surface area contributed by atoms with Crippen LogP contribution in [0.15, 0.2) is 194 Å². The van der Waals surface area contributed by atoms with Gasteiger partial charge in [0, 0.05) is 5.92 Å². The van der Waals surface area contributed by atoms with Gasteiger partial charge in [-0.15, -0.1) is 0 Å². The molecule has 2 N–H and O–H groups in total. The third kappa shape index (κ3) is 15.6. The molecule has 86 heavy (non-hydrogen) atoms. The monoisotopic (exact) mass is 1180 g/mol. The third-order valence-electron chi connectivity index (χ3n) is 16.0. The highest BCUT2D eigenvalue weighted by molar-refractivity contribution is 5.63. The average molecular weight is 1180 g/mol. The second kappa shape index (κ2) is 30.5. The van der Waals surface area contributed by atoms with Gasteiger partial charge in [0.05, 0.1) is 77.9 Å². The summed E-state index contributed by atoms with van der Waals surface area (Å²) in [5.41, 5.74) is 5.60. The molecule has 5 heterocycles. The molecule has 6 aromatic rings. The number of aliphatic hydroxyl groups excluding tert-OH is 2. The van der Waals surface area contributed by atoms with Crippen LogP contribution in [0.2, 0.25) is 0 Å². The van der Waals surface area contributed by atoms with Crippen LogP contribution < -0.4 is 0 Å². The SMILES string of the molecule is C[C@@H]1O[C@@H](O[C@H]2[C@H](OC[C@@H]3C=CO[C@H](CO)[C@H]3O[C@@H]3O[C@@H](C)[C@@H](OCc4ccccc4)[C@@H](OCc4ccccc4)[C@@H]3OCc3ccccc3)O[C@H](CO)[C@@H]3OC(=O)O[C@@H]32)[C@@H](OCc2ccccc2)[C@H](OCc2ccccc2)[C@@H]1OCc1ccccc1. The highest BCUT2D eigenvalue weighted by Gasteiger charge is 2.59. The highest BCUT2D eigenvalue weighted by atomic mass is 16.8. The van der Waals surface area contributed by atoms with Crippen LogP contribution in [0.1, 0.15) is 47.2 Å². The minimum atomic E-state index is -1.34. The number of hydrogen-bond acceptors (Lipinski definition) is 18. The molecule has 0 spiro atoms. The topological polar surface area (TPSA) is 196 Å². The number of fused-ring (bicyclic) bond motifs is 1. The van der Waals surface area contributed by atoms with E-state index in [-0.39, 0.29) is 46.2 Å². The lowest BCUT2D eigenvalue weighted by Gasteiger charge is -2.48. The molecule has 0 saturated carbocycles. The Morgan fingerprint density at radius 1 is 0.372 bits per heavy atom. The molecule has 18 heteroatoms. The Bertz CT molecular complexity index is 2970. The number of aliphatic hydroxyl groups is 2. The van der Waals surface area contributed by atoms with Crippen molar-refractivity contribution in [3.8, 4) is 0 Å². The molecule has 4 saturated heterocycles. The molecule has 0 aromatic heterocycles. The maximum Gasteiger partial charge on any atom is 0.509 e. The van der Waals surface area contributed by atoms with Crippen molar-refractivity contribution in [3.05, 3.63) is 228 Å². The molecule has 456 valence electrons. The van der Waals surface area contributed by atoms with Gasteiger partial charge in [-0.1, -0.05) is 182 Å². The van der Waals surface area contributed by atoms with E-state index < -0.39 is 130 Å². The fourth-order valence-corrected chi connectivity index (χ4v) is 11.5. The molecule has 11 rings (SSSR count). The van der Waals surface area contributed by atoms with E-state index in [0.717, 1.165) is 33.4 Å². The van der Waals surface area contributed by atoms with Crippen LogP contribution in [0.25, 0.3) is 0 Å². The summed E-state index contributed by atoms with van der Waals surface area (Å²) in [6, 6.07) is 58.9. The maximum absolute atomic E-state index is 13.2. The van der Waals surface area contributed by atoms with Crippen LogP contribution >= 0.6 is 0 Å². The number of hydrogen-bond donors (Lipinski definition) is 2. The van der Waals surface area contributed by atoms with E-state index in [4.69, 9.17) is 71.1 Å². The molecule has 5 aliphatic heterocycles. The van der Waals surface area contributed by atoms with Gasteiger partial charge in [-0.3, -0.25) is 0 Å². The minimum Gasteiger partial charge on any atom is -0.493 e. The summed E-state index contributed by atoms with van der Waals surface area (Å²) in [7, 11) is 0. The van der Waals surface area contributed by atoms with E-state index in [1.54, 1.807) is 6.08 Å². The van der Waals surface area contributed by atoms with Crippen LogP contribution in [0.4, 0.5) is 4.79 Å². The number of rotatable bonds is 27. The van der Waals surface area contributed by atoms with E-state index in [2.05, 4.69) is 0 Å². The van der Waals surface area contributed by atoms with Gasteiger partial charge in [-0.2, -0.15) is 0 Å². The molecule has 6 aromatic carbocycles. The summed E-state index contributed by atoms with van der Waals surface area (Å²) >= 11 is 0. The molecule has 0 aliphatic carbocycles. The molecule has 0 bridgehead atoms. The van der Waals surface area contributed by atoms with Crippen molar-refractivity contribution in [1.82, 2.24) is 0 Å². The first kappa shape index (κ1) is 61.2. The van der Waals surface area contributed by atoms with Crippen LogP contribution in [-0.2, 0) is 111 Å². The molecular formula is C68H76O18. The Morgan fingerprint density at radius 3 is 1.10 bits per heavy atom. The zero-order valence-corrected chi connectivity index (χ0v) is 48.2. The van der Waals surface area contributed by atoms with Gasteiger partial charge in [0.2, 0.25) is 0 Å². The smallest absolute Gasteiger partial charge is 0.493 e. The van der Waals surface area contributed by atoms with Gasteiger partial charge >= 0.3 is 6.16 Å². The van der Waals surface area contributed by atoms with Gasteiger partial charge in [0.25, 0.3) is 0 Å². The number of ether oxygens (including phenoxy) is 15. The molecule has 5 aliphatic rings. The van der Waals surface area contributed by atoms with Crippen molar-refractivity contribution in [1.29, 1.82) is 0 Å². The summed E-state index contributed by atoms with van der Waals surface area (Å²) in [5.74, 6) is -0.659. The van der Waals surface area contributed by atoms with E-state index in [1.165, 1.54) is 6.26 Å². The van der Waals surface area contributed by atoms with Crippen LogP contribution in [0, 0.1) is 5.92 Å². The summed E-state index contributed by atoms with van der Waals surface area (Å²) in [6.45, 7) is 3.97. The maximum atomic E-state index is 13.2. The predicted octanol–water partition coefficient (Wildman–Crippen LogP) is 8.92. The van der Waals surface area contributed by atoms with Crippen molar-refractivity contribution in [2.24, 2.45) is 5.92 Å². The Hall–Kier alpha value is -6.43. The van der Waals surface area contributed by atoms with Crippen molar-refractivity contribution in [3.63, 3.8) is 0 Å². The van der Waals surface area contributed by atoms with E-state index in [0.29, 0.717) is 0 Å². The fourth-order valence-electron chi connectivity index (χ4n) is 11.5. The van der Waals surface area contributed by atoms with E-state index in [9.17, 15) is 15.0 Å². The van der Waals surface area contributed by atoms with Crippen LogP contribution in [0.5, 0.6) is 0 Å². The lowest BCUT2D eigenvalue weighted by atomic mass is 9.94. The Balaban J connectivity index is 0.877. The fraction of sp³-hybridized carbons (Fsp3) is 0.426. The average Bonchev–Trinajstić information content (AvgIpc) is 3.82. The molecule has 18 atom stereocenters. The van der Waals surface area contributed by atoms with Gasteiger partial charge in [0.1, 0.15) is 54.9 Å². The van der Waals surface area contributed by atoms with Crippen molar-refractivity contribution < 1.29 is 86.1 Å². The first-order chi connectivity index (χ1) is 42.3. The normalized spacial score (nSPS) is 31.5. The molecule has 18 nitrogen and oxygen atoms in total. The van der Waals surface area contributed by atoms with Crippen molar-refractivity contribution in [2.45, 2.75) is 158 Å². The zero-order chi connectivity index (χ0) is 59.0. The zero-order valence-electron chi connectivity index (χ0n) is 48.2. The van der Waals surface area contributed by atoms with Gasteiger partial charge < -0.3 is 81.3 Å². The molecule has 0 amide bonds. The summed E-state index contributed by atoms with van der Waals surface area (Å²) in [5, 5.41) is 21.8. The highest BCUT2D eigenvalue weighted by Crippen LogP contribution is 2.40. The summed E-state index contributed by atoms with van der Waals surface area (Å²) in [4.78, 5) is 13.2. The summed E-state index contributed by atoms with van der Waals surface area (Å²) in [6.07, 6.45) is -13.7.